The van der Waals surface area contributed by atoms with Gasteiger partial charge in [0, 0.05) is 20.1 Å². The quantitative estimate of drug-likeness (QED) is 0.603. The molecule has 0 heterocycles. The smallest absolute Gasteiger partial charge is 0.0745 e. The van der Waals surface area contributed by atoms with Gasteiger partial charge in [-0.3, -0.25) is 0 Å². The Bertz CT molecular complexity index is 104. The van der Waals surface area contributed by atoms with E-state index in [1.807, 2.05) is 19.9 Å². The SMILES string of the molecule is COCCC(O)C=C(C)C. The lowest BCUT2D eigenvalue weighted by molar-refractivity contribution is 0.136. The lowest BCUT2D eigenvalue weighted by Gasteiger charge is -2.04. The standard InChI is InChI=1S/C8H16O2/c1-7(2)6-8(9)4-5-10-3/h6,8-9H,4-5H2,1-3H3. The molecule has 1 N–H and O–H groups in total. The first kappa shape index (κ1) is 9.66. The predicted octanol–water partition coefficient (Wildman–Crippen LogP) is 1.35. The van der Waals surface area contributed by atoms with Gasteiger partial charge in [0.25, 0.3) is 0 Å². The molecule has 0 aromatic rings. The van der Waals surface area contributed by atoms with Crippen molar-refractivity contribution in [1.82, 2.24) is 0 Å². The number of methoxy groups -OCH3 is 1. The Balaban J connectivity index is 3.43. The van der Waals surface area contributed by atoms with Crippen molar-refractivity contribution in [3.63, 3.8) is 0 Å². The summed E-state index contributed by atoms with van der Waals surface area (Å²) in [6, 6.07) is 0. The van der Waals surface area contributed by atoms with Gasteiger partial charge in [0.2, 0.25) is 0 Å². The van der Waals surface area contributed by atoms with E-state index in [2.05, 4.69) is 0 Å². The van der Waals surface area contributed by atoms with Gasteiger partial charge in [0.15, 0.2) is 0 Å². The minimum Gasteiger partial charge on any atom is -0.389 e. The molecule has 0 radical (unpaired) electrons. The van der Waals surface area contributed by atoms with Crippen LogP contribution in [-0.4, -0.2) is 24.9 Å². The van der Waals surface area contributed by atoms with Crippen LogP contribution in [0, 0.1) is 0 Å². The second-order valence-corrected chi connectivity index (χ2v) is 2.59. The maximum atomic E-state index is 9.19. The summed E-state index contributed by atoms with van der Waals surface area (Å²) in [6.07, 6.45) is 2.17. The van der Waals surface area contributed by atoms with Gasteiger partial charge < -0.3 is 9.84 Å². The molecule has 1 unspecified atom stereocenters. The van der Waals surface area contributed by atoms with Gasteiger partial charge in [-0.1, -0.05) is 11.6 Å². The summed E-state index contributed by atoms with van der Waals surface area (Å²) >= 11 is 0. The molecule has 0 aliphatic heterocycles. The van der Waals surface area contributed by atoms with Crippen LogP contribution in [0.5, 0.6) is 0 Å². The highest BCUT2D eigenvalue weighted by Gasteiger charge is 1.97. The summed E-state index contributed by atoms with van der Waals surface area (Å²) in [7, 11) is 1.63. The van der Waals surface area contributed by atoms with E-state index < -0.39 is 0 Å². The Labute approximate surface area is 62.5 Å². The van der Waals surface area contributed by atoms with Crippen LogP contribution in [0.4, 0.5) is 0 Å². The summed E-state index contributed by atoms with van der Waals surface area (Å²) in [5, 5.41) is 9.19. The van der Waals surface area contributed by atoms with E-state index in [9.17, 15) is 5.11 Å². The van der Waals surface area contributed by atoms with Gasteiger partial charge in [0.05, 0.1) is 6.10 Å². The van der Waals surface area contributed by atoms with E-state index >= 15 is 0 Å². The molecule has 0 rings (SSSR count). The molecule has 0 aromatic carbocycles. The van der Waals surface area contributed by atoms with Crippen molar-refractivity contribution in [2.24, 2.45) is 0 Å². The Morgan fingerprint density at radius 3 is 2.60 bits per heavy atom. The second-order valence-electron chi connectivity index (χ2n) is 2.59. The minimum absolute atomic E-state index is 0.343. The third-order valence-electron chi connectivity index (χ3n) is 1.14. The van der Waals surface area contributed by atoms with Crippen LogP contribution in [-0.2, 0) is 4.74 Å². The molecule has 0 bridgehead atoms. The van der Waals surface area contributed by atoms with Crippen LogP contribution in [0.2, 0.25) is 0 Å². The van der Waals surface area contributed by atoms with E-state index in [1.165, 1.54) is 0 Å². The maximum Gasteiger partial charge on any atom is 0.0745 e. The van der Waals surface area contributed by atoms with Crippen molar-refractivity contribution < 1.29 is 9.84 Å². The Morgan fingerprint density at radius 1 is 1.60 bits per heavy atom. The predicted molar refractivity (Wildman–Crippen MR) is 41.9 cm³/mol. The Hall–Kier alpha value is -0.340. The first-order valence-corrected chi connectivity index (χ1v) is 3.49. The number of aliphatic hydroxyl groups excluding tert-OH is 1. The first-order chi connectivity index (χ1) is 4.66. The number of aliphatic hydroxyl groups is 1. The van der Waals surface area contributed by atoms with Crippen LogP contribution < -0.4 is 0 Å². The molecule has 0 amide bonds. The highest BCUT2D eigenvalue weighted by Crippen LogP contribution is 1.98. The first-order valence-electron chi connectivity index (χ1n) is 3.49. The number of ether oxygens (including phenoxy) is 1. The average Bonchev–Trinajstić information content (AvgIpc) is 1.82. The average molecular weight is 144 g/mol. The maximum absolute atomic E-state index is 9.19. The monoisotopic (exact) mass is 144 g/mol. The number of rotatable bonds is 4. The zero-order valence-electron chi connectivity index (χ0n) is 6.92. The fourth-order valence-corrected chi connectivity index (χ4v) is 0.707. The van der Waals surface area contributed by atoms with Crippen molar-refractivity contribution in [2.75, 3.05) is 13.7 Å². The molecular formula is C8H16O2. The minimum atomic E-state index is -0.343. The third-order valence-corrected chi connectivity index (χ3v) is 1.14. The molecule has 2 heteroatoms. The molecule has 0 saturated carbocycles. The highest BCUT2D eigenvalue weighted by atomic mass is 16.5. The van der Waals surface area contributed by atoms with E-state index in [0.29, 0.717) is 13.0 Å². The number of hydrogen-bond donors (Lipinski definition) is 1. The number of hydrogen-bond acceptors (Lipinski definition) is 2. The molecule has 60 valence electrons. The van der Waals surface area contributed by atoms with Gasteiger partial charge in [-0.05, 0) is 13.8 Å². The largest absolute Gasteiger partial charge is 0.389 e. The molecule has 1 atom stereocenters. The molecule has 0 aromatic heterocycles. The fourth-order valence-electron chi connectivity index (χ4n) is 0.707. The lowest BCUT2D eigenvalue weighted by atomic mass is 10.2. The van der Waals surface area contributed by atoms with Crippen molar-refractivity contribution in [1.29, 1.82) is 0 Å². The van der Waals surface area contributed by atoms with Crippen LogP contribution in [0.1, 0.15) is 20.3 Å². The summed E-state index contributed by atoms with van der Waals surface area (Å²) in [6.45, 7) is 4.55. The molecule has 0 aliphatic carbocycles. The fraction of sp³-hybridized carbons (Fsp3) is 0.750. The van der Waals surface area contributed by atoms with E-state index in [4.69, 9.17) is 4.74 Å². The summed E-state index contributed by atoms with van der Waals surface area (Å²) in [5.74, 6) is 0. The second kappa shape index (κ2) is 5.45. The van der Waals surface area contributed by atoms with Crippen molar-refractivity contribution in [3.05, 3.63) is 11.6 Å². The summed E-state index contributed by atoms with van der Waals surface area (Å²) < 4.78 is 4.80. The molecule has 0 spiro atoms. The summed E-state index contributed by atoms with van der Waals surface area (Å²) in [5.41, 5.74) is 1.14. The van der Waals surface area contributed by atoms with E-state index in [1.54, 1.807) is 7.11 Å². The van der Waals surface area contributed by atoms with Crippen LogP contribution in [0.25, 0.3) is 0 Å². The van der Waals surface area contributed by atoms with Gasteiger partial charge in [-0.15, -0.1) is 0 Å². The normalized spacial score (nSPS) is 12.8. The van der Waals surface area contributed by atoms with Crippen LogP contribution in [0.15, 0.2) is 11.6 Å². The Kier molecular flexibility index (Phi) is 5.26. The zero-order chi connectivity index (χ0) is 7.98. The van der Waals surface area contributed by atoms with Gasteiger partial charge in [0.1, 0.15) is 0 Å². The van der Waals surface area contributed by atoms with Crippen LogP contribution in [0.3, 0.4) is 0 Å². The van der Waals surface area contributed by atoms with Crippen molar-refractivity contribution in [3.8, 4) is 0 Å². The van der Waals surface area contributed by atoms with E-state index in [-0.39, 0.29) is 6.10 Å². The summed E-state index contributed by atoms with van der Waals surface area (Å²) in [4.78, 5) is 0. The Morgan fingerprint density at radius 2 is 2.20 bits per heavy atom. The number of allylic oxidation sites excluding steroid dienone is 1. The third kappa shape index (κ3) is 5.79. The lowest BCUT2D eigenvalue weighted by Crippen LogP contribution is -2.06. The van der Waals surface area contributed by atoms with Gasteiger partial charge in [-0.2, -0.15) is 0 Å². The van der Waals surface area contributed by atoms with Crippen LogP contribution >= 0.6 is 0 Å². The van der Waals surface area contributed by atoms with Crippen molar-refractivity contribution >= 4 is 0 Å². The van der Waals surface area contributed by atoms with Gasteiger partial charge in [-0.25, -0.2) is 0 Å². The molecule has 2 nitrogen and oxygen atoms in total. The van der Waals surface area contributed by atoms with Gasteiger partial charge >= 0.3 is 0 Å². The molecular weight excluding hydrogens is 128 g/mol. The molecule has 10 heavy (non-hydrogen) atoms. The molecule has 0 fully saturated rings. The zero-order valence-corrected chi connectivity index (χ0v) is 6.92. The molecule has 0 saturated heterocycles. The highest BCUT2D eigenvalue weighted by molar-refractivity contribution is 4.97. The van der Waals surface area contributed by atoms with Crippen molar-refractivity contribution in [2.45, 2.75) is 26.4 Å². The molecule has 0 aliphatic rings. The topological polar surface area (TPSA) is 29.5 Å². The van der Waals surface area contributed by atoms with E-state index in [0.717, 1.165) is 5.57 Å².